The molecule has 1 saturated heterocycles. The molecule has 1 fully saturated rings. The Balaban J connectivity index is 2.19. The van der Waals surface area contributed by atoms with Gasteiger partial charge in [0.1, 0.15) is 0 Å². The fourth-order valence-corrected chi connectivity index (χ4v) is 2.18. The minimum absolute atomic E-state index is 0.0639. The van der Waals surface area contributed by atoms with Gasteiger partial charge in [-0.2, -0.15) is 0 Å². The van der Waals surface area contributed by atoms with E-state index in [1.54, 1.807) is 6.20 Å². The predicted molar refractivity (Wildman–Crippen MR) is 61.5 cm³/mol. The lowest BCUT2D eigenvalue weighted by molar-refractivity contribution is 0.100. The highest BCUT2D eigenvalue weighted by Crippen LogP contribution is 2.24. The number of hydrogen-bond acceptors (Lipinski definition) is 4. The summed E-state index contributed by atoms with van der Waals surface area (Å²) >= 11 is 0. The summed E-state index contributed by atoms with van der Waals surface area (Å²) in [6.07, 6.45) is 4.03. The molecule has 1 aliphatic rings. The molecule has 0 bridgehead atoms. The van der Waals surface area contributed by atoms with Crippen molar-refractivity contribution in [1.82, 2.24) is 14.9 Å². The molecular weight excluding hydrogens is 202 g/mol. The topological polar surface area (TPSA) is 46.1 Å². The lowest BCUT2D eigenvalue weighted by atomic mass is 9.95. The summed E-state index contributed by atoms with van der Waals surface area (Å²) in [4.78, 5) is 21.8. The molecule has 1 aromatic heterocycles. The van der Waals surface area contributed by atoms with Crippen LogP contribution in [0, 0.1) is 0 Å². The fraction of sp³-hybridized carbons (Fsp3) is 0.583. The lowest BCUT2D eigenvalue weighted by Gasteiger charge is -2.29. The van der Waals surface area contributed by atoms with Gasteiger partial charge in [0.2, 0.25) is 0 Å². The molecule has 0 N–H and O–H groups in total. The summed E-state index contributed by atoms with van der Waals surface area (Å²) in [5.41, 5.74) is 1.01. The summed E-state index contributed by atoms with van der Waals surface area (Å²) in [7, 11) is 2.12. The van der Waals surface area contributed by atoms with Crippen molar-refractivity contribution in [3.05, 3.63) is 23.8 Å². The van der Waals surface area contributed by atoms with Gasteiger partial charge in [0.15, 0.2) is 11.6 Å². The molecular formula is C12H17N3O. The van der Waals surface area contributed by atoms with Crippen LogP contribution in [-0.2, 0) is 0 Å². The first kappa shape index (κ1) is 11.2. The molecule has 1 aliphatic heterocycles. The Kier molecular flexibility index (Phi) is 3.29. The van der Waals surface area contributed by atoms with Crippen molar-refractivity contribution in [3.63, 3.8) is 0 Å². The molecule has 4 nitrogen and oxygen atoms in total. The van der Waals surface area contributed by atoms with E-state index in [1.165, 1.54) is 13.3 Å². The smallest absolute Gasteiger partial charge is 0.196 e. The van der Waals surface area contributed by atoms with E-state index in [4.69, 9.17) is 0 Å². The molecule has 0 aromatic carbocycles. The van der Waals surface area contributed by atoms with Crippen LogP contribution in [0.15, 0.2) is 12.3 Å². The summed E-state index contributed by atoms with van der Waals surface area (Å²) in [6, 6.07) is 1.93. The van der Waals surface area contributed by atoms with Crippen LogP contribution in [-0.4, -0.2) is 40.8 Å². The number of Topliss-reactive ketones (excluding diaryl/α,β-unsaturated/α-hetero) is 1. The van der Waals surface area contributed by atoms with Crippen LogP contribution in [0.2, 0.25) is 0 Å². The van der Waals surface area contributed by atoms with Gasteiger partial charge < -0.3 is 4.90 Å². The first-order valence-electron chi connectivity index (χ1n) is 5.69. The van der Waals surface area contributed by atoms with E-state index in [1.807, 2.05) is 6.07 Å². The zero-order valence-corrected chi connectivity index (χ0v) is 9.81. The Morgan fingerprint density at radius 1 is 1.56 bits per heavy atom. The van der Waals surface area contributed by atoms with E-state index in [0.717, 1.165) is 25.2 Å². The largest absolute Gasteiger partial charge is 0.306 e. The summed E-state index contributed by atoms with van der Waals surface area (Å²) in [6.45, 7) is 3.68. The van der Waals surface area contributed by atoms with E-state index in [0.29, 0.717) is 11.7 Å². The third-order valence-corrected chi connectivity index (χ3v) is 3.03. The summed E-state index contributed by atoms with van der Waals surface area (Å²) < 4.78 is 0. The maximum atomic E-state index is 11.2. The lowest BCUT2D eigenvalue weighted by Crippen LogP contribution is -2.31. The summed E-state index contributed by atoms with van der Waals surface area (Å²) in [5.74, 6) is 0.719. The van der Waals surface area contributed by atoms with Gasteiger partial charge in [-0.15, -0.1) is 0 Å². The number of piperidine rings is 1. The molecule has 0 amide bonds. The Labute approximate surface area is 95.7 Å². The monoisotopic (exact) mass is 219 g/mol. The highest BCUT2D eigenvalue weighted by Gasteiger charge is 2.20. The van der Waals surface area contributed by atoms with E-state index < -0.39 is 0 Å². The Morgan fingerprint density at radius 3 is 3.06 bits per heavy atom. The molecule has 0 aliphatic carbocycles. The SMILES string of the molecule is CC(=O)c1nccc(C2CCCN(C)C2)n1. The Hall–Kier alpha value is -1.29. The average molecular weight is 219 g/mol. The molecule has 0 saturated carbocycles. The zero-order valence-electron chi connectivity index (χ0n) is 9.81. The maximum absolute atomic E-state index is 11.2. The molecule has 16 heavy (non-hydrogen) atoms. The van der Waals surface area contributed by atoms with Gasteiger partial charge in [-0.1, -0.05) is 0 Å². The molecule has 1 unspecified atom stereocenters. The second-order valence-electron chi connectivity index (χ2n) is 4.46. The molecule has 4 heteroatoms. The number of carbonyl (C=O) groups excluding carboxylic acids is 1. The second-order valence-corrected chi connectivity index (χ2v) is 4.46. The van der Waals surface area contributed by atoms with Crippen molar-refractivity contribution in [1.29, 1.82) is 0 Å². The number of aromatic nitrogens is 2. The molecule has 2 heterocycles. The first-order chi connectivity index (χ1) is 7.66. The van der Waals surface area contributed by atoms with E-state index >= 15 is 0 Å². The number of hydrogen-bond donors (Lipinski definition) is 0. The van der Waals surface area contributed by atoms with Crippen LogP contribution in [0.5, 0.6) is 0 Å². The molecule has 0 radical (unpaired) electrons. The Morgan fingerprint density at radius 2 is 2.38 bits per heavy atom. The van der Waals surface area contributed by atoms with Crippen molar-refractivity contribution in [3.8, 4) is 0 Å². The van der Waals surface area contributed by atoms with Crippen molar-refractivity contribution in [2.24, 2.45) is 0 Å². The normalized spacial score (nSPS) is 22.0. The van der Waals surface area contributed by atoms with Crippen LogP contribution in [0.25, 0.3) is 0 Å². The van der Waals surface area contributed by atoms with Gasteiger partial charge in [-0.05, 0) is 32.5 Å². The molecule has 2 rings (SSSR count). The molecule has 0 spiro atoms. The van der Waals surface area contributed by atoms with Gasteiger partial charge in [-0.25, -0.2) is 9.97 Å². The van der Waals surface area contributed by atoms with Gasteiger partial charge in [0.05, 0.1) is 0 Å². The minimum Gasteiger partial charge on any atom is -0.306 e. The number of likely N-dealkylation sites (tertiary alicyclic amines) is 1. The van der Waals surface area contributed by atoms with Crippen molar-refractivity contribution in [2.45, 2.75) is 25.7 Å². The van der Waals surface area contributed by atoms with Crippen molar-refractivity contribution in [2.75, 3.05) is 20.1 Å². The van der Waals surface area contributed by atoms with E-state index in [9.17, 15) is 4.79 Å². The van der Waals surface area contributed by atoms with Crippen molar-refractivity contribution >= 4 is 5.78 Å². The fourth-order valence-electron chi connectivity index (χ4n) is 2.18. The van der Waals surface area contributed by atoms with Crippen LogP contribution in [0.4, 0.5) is 0 Å². The highest BCUT2D eigenvalue weighted by atomic mass is 16.1. The summed E-state index contributed by atoms with van der Waals surface area (Å²) in [5, 5.41) is 0. The minimum atomic E-state index is -0.0639. The maximum Gasteiger partial charge on any atom is 0.196 e. The third kappa shape index (κ3) is 2.44. The second kappa shape index (κ2) is 4.70. The Bertz CT molecular complexity index is 392. The molecule has 1 aromatic rings. The standard InChI is InChI=1S/C12H17N3O/c1-9(16)12-13-6-5-11(14-12)10-4-3-7-15(2)8-10/h5-6,10H,3-4,7-8H2,1-2H3. The van der Waals surface area contributed by atoms with Crippen molar-refractivity contribution < 1.29 is 4.79 Å². The van der Waals surface area contributed by atoms with Gasteiger partial charge in [0.25, 0.3) is 0 Å². The van der Waals surface area contributed by atoms with Crippen LogP contribution in [0.1, 0.15) is 42.0 Å². The molecule has 86 valence electrons. The first-order valence-corrected chi connectivity index (χ1v) is 5.69. The van der Waals surface area contributed by atoms with E-state index in [2.05, 4.69) is 21.9 Å². The number of carbonyl (C=O) groups is 1. The van der Waals surface area contributed by atoms with E-state index in [-0.39, 0.29) is 5.78 Å². The number of rotatable bonds is 2. The average Bonchev–Trinajstić information content (AvgIpc) is 2.29. The number of likely N-dealkylation sites (N-methyl/N-ethyl adjacent to an activating group) is 1. The number of ketones is 1. The van der Waals surface area contributed by atoms with Crippen LogP contribution < -0.4 is 0 Å². The number of nitrogens with zero attached hydrogens (tertiary/aromatic N) is 3. The van der Waals surface area contributed by atoms with Gasteiger partial charge >= 0.3 is 0 Å². The van der Waals surface area contributed by atoms with Gasteiger partial charge in [0, 0.05) is 31.3 Å². The molecule has 1 atom stereocenters. The van der Waals surface area contributed by atoms with Gasteiger partial charge in [-0.3, -0.25) is 4.79 Å². The zero-order chi connectivity index (χ0) is 11.5. The van der Waals surface area contributed by atoms with Crippen LogP contribution >= 0.6 is 0 Å². The third-order valence-electron chi connectivity index (χ3n) is 3.03. The highest BCUT2D eigenvalue weighted by molar-refractivity contribution is 5.90. The van der Waals surface area contributed by atoms with Crippen LogP contribution in [0.3, 0.4) is 0 Å². The predicted octanol–water partition coefficient (Wildman–Crippen LogP) is 1.49. The quantitative estimate of drug-likeness (QED) is 0.707.